The van der Waals surface area contributed by atoms with Crippen molar-refractivity contribution in [2.24, 2.45) is 11.8 Å². The second kappa shape index (κ2) is 9.85. The van der Waals surface area contributed by atoms with E-state index in [2.05, 4.69) is 0 Å². The number of esters is 1. The van der Waals surface area contributed by atoms with Crippen LogP contribution in [-0.4, -0.2) is 58.8 Å². The molecule has 2 rings (SSSR count). The molecule has 7 nitrogen and oxygen atoms in total. The van der Waals surface area contributed by atoms with Crippen LogP contribution in [0.5, 0.6) is 0 Å². The molecule has 2 saturated heterocycles. The zero-order valence-corrected chi connectivity index (χ0v) is 16.8. The Labute approximate surface area is 161 Å². The van der Waals surface area contributed by atoms with Gasteiger partial charge in [0.25, 0.3) is 0 Å². The van der Waals surface area contributed by atoms with E-state index in [1.807, 2.05) is 13.8 Å². The lowest BCUT2D eigenvalue weighted by atomic mass is 10.0. The fraction of sp³-hybridized carbons (Fsp3) is 0.900. The van der Waals surface area contributed by atoms with Crippen LogP contribution >= 0.6 is 0 Å². The van der Waals surface area contributed by atoms with Crippen LogP contribution in [0.15, 0.2) is 0 Å². The smallest absolute Gasteiger partial charge is 0.311 e. The first-order valence-corrected chi connectivity index (χ1v) is 10.1. The zero-order chi connectivity index (χ0) is 20.1. The highest BCUT2D eigenvalue weighted by molar-refractivity contribution is 5.73. The molecule has 2 heterocycles. The van der Waals surface area contributed by atoms with Gasteiger partial charge in [-0.3, -0.25) is 9.59 Å². The van der Waals surface area contributed by atoms with Crippen LogP contribution in [0.1, 0.15) is 66.2 Å². The maximum Gasteiger partial charge on any atom is 0.311 e. The van der Waals surface area contributed by atoms with E-state index in [1.54, 1.807) is 13.8 Å². The Balaban J connectivity index is 1.73. The molecule has 0 aliphatic carbocycles. The molecule has 8 atom stereocenters. The Morgan fingerprint density at radius 3 is 1.96 bits per heavy atom. The van der Waals surface area contributed by atoms with Gasteiger partial charge in [-0.2, -0.15) is 0 Å². The number of aliphatic hydroxyl groups excluding tert-OH is 1. The van der Waals surface area contributed by atoms with Crippen molar-refractivity contribution < 1.29 is 34.0 Å². The van der Waals surface area contributed by atoms with Gasteiger partial charge in [0.2, 0.25) is 0 Å². The molecule has 0 spiro atoms. The molecule has 0 aromatic rings. The van der Waals surface area contributed by atoms with Crippen molar-refractivity contribution in [2.75, 3.05) is 0 Å². The fourth-order valence-electron chi connectivity index (χ4n) is 3.96. The van der Waals surface area contributed by atoms with Gasteiger partial charge in [0.1, 0.15) is 6.10 Å². The molecule has 0 unspecified atom stereocenters. The summed E-state index contributed by atoms with van der Waals surface area (Å²) in [5.74, 6) is -2.00. The summed E-state index contributed by atoms with van der Waals surface area (Å²) in [6, 6.07) is 0. The molecule has 0 amide bonds. The number of aliphatic hydroxyl groups is 1. The van der Waals surface area contributed by atoms with Crippen molar-refractivity contribution in [1.82, 2.24) is 0 Å². The van der Waals surface area contributed by atoms with Crippen molar-refractivity contribution in [3.8, 4) is 0 Å². The minimum absolute atomic E-state index is 0.00252. The van der Waals surface area contributed by atoms with Crippen molar-refractivity contribution in [1.29, 1.82) is 0 Å². The van der Waals surface area contributed by atoms with E-state index >= 15 is 0 Å². The third kappa shape index (κ3) is 6.43. The normalized spacial score (nSPS) is 32.6. The molecule has 27 heavy (non-hydrogen) atoms. The van der Waals surface area contributed by atoms with Crippen LogP contribution in [0.4, 0.5) is 0 Å². The molecular formula is C20H34O7. The lowest BCUT2D eigenvalue weighted by Crippen LogP contribution is -2.32. The summed E-state index contributed by atoms with van der Waals surface area (Å²) in [6.45, 7) is 7.06. The van der Waals surface area contributed by atoms with Crippen LogP contribution in [-0.2, 0) is 23.8 Å². The number of hydrogen-bond donors (Lipinski definition) is 2. The molecule has 0 aromatic carbocycles. The Hall–Kier alpha value is -1.18. The number of aliphatic carboxylic acids is 1. The molecular weight excluding hydrogens is 352 g/mol. The average molecular weight is 386 g/mol. The standard InChI is InChI=1S/C20H34O7/c1-11(21)9-15-5-8-18(26-15)14(4)20(24)25-12(2)10-16-6-7-17(27-16)13(3)19(22)23/h11-18,21H,5-10H2,1-4H3,(H,22,23)/t11-,12+,13-,14-,15-,16-,17+,18+/m0/s1. The minimum Gasteiger partial charge on any atom is -0.481 e. The number of carbonyl (C=O) groups is 2. The summed E-state index contributed by atoms with van der Waals surface area (Å²) in [6.07, 6.45) is 3.08. The number of hydrogen-bond acceptors (Lipinski definition) is 6. The number of carboxylic acids is 1. The number of carbonyl (C=O) groups excluding carboxylic acids is 1. The van der Waals surface area contributed by atoms with Crippen LogP contribution in [0.25, 0.3) is 0 Å². The van der Waals surface area contributed by atoms with E-state index in [-0.39, 0.29) is 42.4 Å². The summed E-state index contributed by atoms with van der Waals surface area (Å²) in [5.41, 5.74) is 0. The third-order valence-corrected chi connectivity index (χ3v) is 5.67. The lowest BCUT2D eigenvalue weighted by Gasteiger charge is -2.23. The molecule has 0 radical (unpaired) electrons. The van der Waals surface area contributed by atoms with Gasteiger partial charge >= 0.3 is 11.9 Å². The fourth-order valence-corrected chi connectivity index (χ4v) is 3.96. The second-order valence-electron chi connectivity index (χ2n) is 8.23. The van der Waals surface area contributed by atoms with Crippen LogP contribution < -0.4 is 0 Å². The van der Waals surface area contributed by atoms with Gasteiger partial charge in [0.15, 0.2) is 0 Å². The Morgan fingerprint density at radius 2 is 1.44 bits per heavy atom. The van der Waals surface area contributed by atoms with Gasteiger partial charge in [0, 0.05) is 6.42 Å². The summed E-state index contributed by atoms with van der Waals surface area (Å²) in [4.78, 5) is 23.5. The van der Waals surface area contributed by atoms with E-state index < -0.39 is 18.0 Å². The highest BCUT2D eigenvalue weighted by Crippen LogP contribution is 2.30. The first-order valence-electron chi connectivity index (χ1n) is 10.1. The molecule has 2 aliphatic rings. The average Bonchev–Trinajstić information content (AvgIpc) is 3.22. The molecule has 2 N–H and O–H groups in total. The summed E-state index contributed by atoms with van der Waals surface area (Å²) >= 11 is 0. The van der Waals surface area contributed by atoms with Gasteiger partial charge in [-0.05, 0) is 59.8 Å². The van der Waals surface area contributed by atoms with Gasteiger partial charge in [-0.15, -0.1) is 0 Å². The number of carboxylic acid groups (broad SMARTS) is 1. The highest BCUT2D eigenvalue weighted by Gasteiger charge is 2.36. The van der Waals surface area contributed by atoms with E-state index in [1.165, 1.54) is 0 Å². The largest absolute Gasteiger partial charge is 0.481 e. The SMILES string of the molecule is C[C@H](O)C[C@@H]1CC[C@H]([C@H](C)C(=O)O[C@H](C)C[C@@H]2CC[C@H]([C@H](C)C(=O)O)O2)O1. The minimum atomic E-state index is -0.848. The van der Waals surface area contributed by atoms with Crippen molar-refractivity contribution in [2.45, 2.75) is 103 Å². The van der Waals surface area contributed by atoms with Crippen molar-refractivity contribution in [3.63, 3.8) is 0 Å². The van der Waals surface area contributed by atoms with Crippen LogP contribution in [0.2, 0.25) is 0 Å². The summed E-state index contributed by atoms with van der Waals surface area (Å²) in [5, 5.41) is 18.6. The number of rotatable bonds is 9. The van der Waals surface area contributed by atoms with E-state index in [0.717, 1.165) is 25.7 Å². The Kier molecular flexibility index (Phi) is 8.06. The highest BCUT2D eigenvalue weighted by atomic mass is 16.6. The predicted octanol–water partition coefficient (Wildman–Crippen LogP) is 2.53. The molecule has 156 valence electrons. The quantitative estimate of drug-likeness (QED) is 0.587. The lowest BCUT2D eigenvalue weighted by molar-refractivity contribution is -0.159. The van der Waals surface area contributed by atoms with Gasteiger partial charge < -0.3 is 24.4 Å². The monoisotopic (exact) mass is 386 g/mol. The van der Waals surface area contributed by atoms with E-state index in [4.69, 9.17) is 19.3 Å². The summed E-state index contributed by atoms with van der Waals surface area (Å²) in [7, 11) is 0. The second-order valence-corrected chi connectivity index (χ2v) is 8.23. The third-order valence-electron chi connectivity index (χ3n) is 5.67. The van der Waals surface area contributed by atoms with Crippen molar-refractivity contribution in [3.05, 3.63) is 0 Å². The maximum atomic E-state index is 12.4. The molecule has 0 bridgehead atoms. The van der Waals surface area contributed by atoms with E-state index in [0.29, 0.717) is 12.8 Å². The number of ether oxygens (including phenoxy) is 3. The van der Waals surface area contributed by atoms with Crippen molar-refractivity contribution >= 4 is 11.9 Å². The molecule has 2 aliphatic heterocycles. The molecule has 0 aromatic heterocycles. The first kappa shape index (κ1) is 22.1. The van der Waals surface area contributed by atoms with Crippen LogP contribution in [0.3, 0.4) is 0 Å². The molecule has 7 heteroatoms. The summed E-state index contributed by atoms with van der Waals surface area (Å²) < 4.78 is 17.3. The first-order chi connectivity index (χ1) is 12.7. The van der Waals surface area contributed by atoms with Crippen LogP contribution in [0, 0.1) is 11.8 Å². The molecule has 2 fully saturated rings. The molecule has 0 saturated carbocycles. The van der Waals surface area contributed by atoms with Gasteiger partial charge in [-0.1, -0.05) is 0 Å². The van der Waals surface area contributed by atoms with Gasteiger partial charge in [0.05, 0.1) is 42.4 Å². The Bertz CT molecular complexity index is 507. The zero-order valence-electron chi connectivity index (χ0n) is 16.8. The van der Waals surface area contributed by atoms with E-state index in [9.17, 15) is 14.7 Å². The maximum absolute atomic E-state index is 12.4. The Morgan fingerprint density at radius 1 is 0.926 bits per heavy atom. The predicted molar refractivity (Wildman–Crippen MR) is 98.2 cm³/mol. The van der Waals surface area contributed by atoms with Gasteiger partial charge in [-0.25, -0.2) is 0 Å². The topological polar surface area (TPSA) is 102 Å².